The number of alkyl halides is 3. The lowest BCUT2D eigenvalue weighted by atomic mass is 9.73. The molecule has 21 N–H and O–H groups in total. The number of fused-ring (bicyclic) bond motifs is 15. The third kappa shape index (κ3) is 22.3. The van der Waals surface area contributed by atoms with Gasteiger partial charge < -0.3 is 142 Å². The van der Waals surface area contributed by atoms with Gasteiger partial charge in [0.15, 0.2) is 29.4 Å². The number of benzene rings is 7. The van der Waals surface area contributed by atoms with Gasteiger partial charge in [-0.2, -0.15) is 13.2 Å². The van der Waals surface area contributed by atoms with Gasteiger partial charge in [-0.25, -0.2) is 0 Å². The van der Waals surface area contributed by atoms with Crippen LogP contribution in [-0.2, 0) is 81.3 Å². The first-order chi connectivity index (χ1) is 63.6. The van der Waals surface area contributed by atoms with E-state index in [9.17, 15) is 93.9 Å². The molecule has 36 nitrogen and oxygen atoms in total. The van der Waals surface area contributed by atoms with Gasteiger partial charge in [-0.15, -0.1) is 0 Å². The van der Waals surface area contributed by atoms with Crippen molar-refractivity contribution in [3.8, 4) is 68.2 Å². The summed E-state index contributed by atoms with van der Waals surface area (Å²) in [6.07, 6.45) is -33.4. The van der Waals surface area contributed by atoms with Crippen LogP contribution in [0.3, 0.4) is 0 Å². The van der Waals surface area contributed by atoms with E-state index in [4.69, 9.17) is 66.8 Å². The van der Waals surface area contributed by atoms with E-state index in [1.54, 1.807) is 45.0 Å². The van der Waals surface area contributed by atoms with Crippen molar-refractivity contribution in [1.29, 1.82) is 0 Å². The lowest BCUT2D eigenvalue weighted by Gasteiger charge is -2.48. The number of aliphatic hydroxyl groups excluding tert-OH is 10. The summed E-state index contributed by atoms with van der Waals surface area (Å²) in [6, 6.07) is 18.5. The molecular weight excluding hydrogens is 1810 g/mol. The number of carbonyl (C=O) groups excluding carboxylic acids is 8. The van der Waals surface area contributed by atoms with Crippen LogP contribution < -0.4 is 51.8 Å². The van der Waals surface area contributed by atoms with Crippen LogP contribution in [0.25, 0.3) is 22.3 Å². The molecule has 8 aliphatic rings. The molecule has 7 aromatic rings. The molecule has 2 saturated heterocycles. The number of aromatic hydroxyl groups is 3. The minimum absolute atomic E-state index is 0.0397. The summed E-state index contributed by atoms with van der Waals surface area (Å²) in [4.78, 5) is 120. The van der Waals surface area contributed by atoms with Crippen LogP contribution >= 0.6 is 23.2 Å². The van der Waals surface area contributed by atoms with E-state index in [1.165, 1.54) is 36.4 Å². The maximum absolute atomic E-state index is 16.7. The van der Waals surface area contributed by atoms with Gasteiger partial charge in [0, 0.05) is 67.0 Å². The van der Waals surface area contributed by atoms with Gasteiger partial charge >= 0.3 is 6.18 Å². The van der Waals surface area contributed by atoms with Crippen molar-refractivity contribution in [2.75, 3.05) is 26.4 Å². The number of hydrogen-bond donors (Lipinski definition) is 20. The Morgan fingerprint density at radius 2 is 1.29 bits per heavy atom. The minimum atomic E-state index is -4.55. The van der Waals surface area contributed by atoms with Gasteiger partial charge in [-0.05, 0) is 150 Å². The molecule has 722 valence electrons. The fourth-order valence-corrected chi connectivity index (χ4v) is 18.2. The summed E-state index contributed by atoms with van der Waals surface area (Å²) in [6.45, 7) is 6.05. The second-order valence-corrected chi connectivity index (χ2v) is 35.8. The summed E-state index contributed by atoms with van der Waals surface area (Å²) in [5.74, 6) is -18.5. The molecule has 23 atom stereocenters. The van der Waals surface area contributed by atoms with E-state index < -0.39 is 299 Å². The molecule has 134 heavy (non-hydrogen) atoms. The summed E-state index contributed by atoms with van der Waals surface area (Å²) < 4.78 is 90.7. The number of ketones is 2. The van der Waals surface area contributed by atoms with Gasteiger partial charge in [0.1, 0.15) is 108 Å². The Morgan fingerprint density at radius 3 is 1.89 bits per heavy atom. The number of halogens is 5. The normalized spacial score (nSPS) is 28.8. The van der Waals surface area contributed by atoms with Crippen LogP contribution in [0.5, 0.6) is 46.0 Å². The molecule has 7 aromatic carbocycles. The van der Waals surface area contributed by atoms with Crippen molar-refractivity contribution < 1.29 is 156 Å². The molecule has 3 fully saturated rings. The Balaban J connectivity index is 0.952. The van der Waals surface area contributed by atoms with Gasteiger partial charge in [0.25, 0.3) is 6.47 Å². The van der Waals surface area contributed by atoms with Crippen LogP contribution in [-0.4, -0.2) is 232 Å². The van der Waals surface area contributed by atoms with Crippen LogP contribution in [0.2, 0.25) is 10.0 Å². The van der Waals surface area contributed by atoms with Crippen molar-refractivity contribution in [1.82, 2.24) is 31.9 Å². The van der Waals surface area contributed by atoms with Gasteiger partial charge in [0.05, 0.1) is 65.0 Å². The maximum atomic E-state index is 16.7. The zero-order valence-electron chi connectivity index (χ0n) is 72.9. The molecule has 5 unspecified atom stereocenters. The second kappa shape index (κ2) is 42.6. The number of nitrogens with one attached hydrogen (secondary N) is 6. The van der Waals surface area contributed by atoms with E-state index >= 15 is 24.0 Å². The lowest BCUT2D eigenvalue weighted by molar-refractivity contribution is -0.300. The first-order valence-corrected chi connectivity index (χ1v) is 44.2. The third-order valence-corrected chi connectivity index (χ3v) is 25.7. The van der Waals surface area contributed by atoms with Gasteiger partial charge in [0.2, 0.25) is 47.8 Å². The van der Waals surface area contributed by atoms with Crippen LogP contribution in [0.4, 0.5) is 13.2 Å². The van der Waals surface area contributed by atoms with Crippen LogP contribution in [0, 0.1) is 23.7 Å². The Morgan fingerprint density at radius 1 is 0.679 bits per heavy atom. The fraction of sp³-hybridized carbons (Fsp3) is 0.462. The highest BCUT2D eigenvalue weighted by molar-refractivity contribution is 6.32. The SMILES string of the molecule is CC[C@H](CC(C)C)C(=O)N[C@H]1C(=O)C[C@@H](CC(N)=O)C(=O)N[C@H]2C(=O)C[C@@H]3C(=O)N[C@H](C(=O)N[C@H](OC=O)c4cc(O)c(CNCCO[C@@H]5OC(CO)[C@H](O)[C@H](O)C5O)c(O)c4-c4cc3ccc4O)[C@H](O)c3ccc(c(Cl)c3)Oc3cc2cc(c3O[C@@H]2O[C@H](CO)C(O)C(O)[C@H]2O[C@@H]2C[C@@H](C)[C@@H](O)C(C)(NCc3ccc(-c4ccc(C(F)(F)F)cc4)cc3)C2)Oc2ccc(cc2Cl)[C@H]1O. The number of ether oxygens (including phenoxy) is 8. The number of primary amides is 1. The molecule has 0 radical (unpaired) electrons. The predicted molar refractivity (Wildman–Crippen MR) is 467 cm³/mol. The van der Waals surface area contributed by atoms with E-state index in [0.29, 0.717) is 23.1 Å². The molecule has 41 heteroatoms. The fourth-order valence-electron chi connectivity index (χ4n) is 17.8. The van der Waals surface area contributed by atoms with Crippen molar-refractivity contribution in [2.24, 2.45) is 29.4 Å². The number of aliphatic hydroxyl groups is 10. The second-order valence-electron chi connectivity index (χ2n) is 35.0. The first-order valence-electron chi connectivity index (χ1n) is 43.4. The standard InChI is InChI=1S/C93H106Cl2F3N7O29/c1-6-43(23-40(2)3)85(123)103-72-61(111)28-50(31-69(99)113)86(124)102-71-49-29-65(130-63-19-14-47(74(72)114)26-57(63)94)82(134-91-83(80(120)78(118)68(38-107)133-91)129-52-24-41(4)84(122)92(5,34-52)101-35-42-7-9-44(10-8-42)45-11-16-51(17-12-45)93(96,97)98)66(30-49)131-64-20-15-48(27-58(64)95)75(115)73-88(126)105-89(128-39-108)55-33-60(110)56(36-100-21-22-127-90-81(121)79(119)77(117)67(37-106)132-90)76(116)70(55)54-25-46(13-18-59(54)109)53(32-62(71)112)87(125)104-73/h7-20,25-27,29-30,33,39-41,43,50,52-53,67-68,71-75,77-81,83-84,89-91,100-101,106-107,109-110,114-122H,6,21-24,28,31-32,34-38H2,1-5H3,(H2,99,113)(H,102,124)(H,103,123)(H,104,125)(H,105,126)/t41-,43-,50+,52-,53+,67?,68-,71-,72+,73+,74-,75-,77+,78?,79+,80?,81?,83-,84-,89-,90-,91+,92?/m1/s1. The quantitative estimate of drug-likeness (QED) is 0.0243. The van der Waals surface area contributed by atoms with Gasteiger partial charge in [-0.1, -0.05) is 105 Å². The topological polar surface area (TPSA) is 572 Å². The number of phenolic OH excluding ortho intramolecular Hbond substituents is 3. The van der Waals surface area contributed by atoms with E-state index in [1.807, 2.05) is 13.8 Å². The highest BCUT2D eigenvalue weighted by atomic mass is 35.5. The van der Waals surface area contributed by atoms with Crippen molar-refractivity contribution in [3.05, 3.63) is 176 Å². The molecule has 1 aliphatic carbocycles. The van der Waals surface area contributed by atoms with Crippen molar-refractivity contribution in [2.45, 2.75) is 220 Å². The minimum Gasteiger partial charge on any atom is -0.507 e. The molecule has 7 aliphatic heterocycles. The number of hydrogen-bond acceptors (Lipinski definition) is 31. The summed E-state index contributed by atoms with van der Waals surface area (Å²) in [7, 11) is 0. The summed E-state index contributed by atoms with van der Waals surface area (Å²) >= 11 is 14.5. The van der Waals surface area contributed by atoms with Crippen LogP contribution in [0.15, 0.2) is 121 Å². The largest absolute Gasteiger partial charge is 0.507 e. The van der Waals surface area contributed by atoms with E-state index in [-0.39, 0.29) is 84.4 Å². The predicted octanol–water partition coefficient (Wildman–Crippen LogP) is 5.65. The monoisotopic (exact) mass is 1910 g/mol. The molecule has 1 saturated carbocycles. The van der Waals surface area contributed by atoms with Gasteiger partial charge in [-0.3, -0.25) is 38.4 Å². The lowest BCUT2D eigenvalue weighted by Crippen LogP contribution is -2.64. The third-order valence-electron chi connectivity index (χ3n) is 25.1. The molecule has 0 aromatic heterocycles. The Labute approximate surface area is 775 Å². The van der Waals surface area contributed by atoms with Crippen LogP contribution in [0.1, 0.15) is 154 Å². The smallest absolute Gasteiger partial charge is 0.416 e. The average Bonchev–Trinajstić information content (AvgIpc) is 0.755. The number of nitrogens with two attached hydrogens (primary N) is 1. The number of Topliss-reactive ketones (excluding diaryl/α,β-unsaturated/α-hetero) is 2. The van der Waals surface area contributed by atoms with E-state index in [0.717, 1.165) is 60.7 Å². The zero-order chi connectivity index (χ0) is 97.0. The Bertz CT molecular complexity index is 5470. The first kappa shape index (κ1) is 101. The number of phenols is 3. The highest BCUT2D eigenvalue weighted by Crippen LogP contribution is 2.52. The Hall–Kier alpha value is -10.8. The molecule has 7 heterocycles. The number of rotatable bonds is 25. The molecular formula is C93H106Cl2F3N7O29. The van der Waals surface area contributed by atoms with Crippen molar-refractivity contribution >= 4 is 70.8 Å². The summed E-state index contributed by atoms with van der Waals surface area (Å²) in [5, 5.41) is 166. The average molecular weight is 1910 g/mol. The Kier molecular flexibility index (Phi) is 32.0. The zero-order valence-corrected chi connectivity index (χ0v) is 74.4. The number of amides is 5. The maximum Gasteiger partial charge on any atom is 0.416 e. The van der Waals surface area contributed by atoms with E-state index in [2.05, 4.69) is 31.9 Å². The number of carbonyl (C=O) groups is 8. The molecule has 15 rings (SSSR count). The molecule has 11 bridgehead atoms. The van der Waals surface area contributed by atoms with Crippen molar-refractivity contribution in [3.63, 3.8) is 0 Å². The summed E-state index contributed by atoms with van der Waals surface area (Å²) in [5.41, 5.74) is 2.69. The highest BCUT2D eigenvalue weighted by Gasteiger charge is 2.53. The molecule has 5 amide bonds. The molecule has 0 spiro atoms.